The molecule has 0 radical (unpaired) electrons. The summed E-state index contributed by atoms with van der Waals surface area (Å²) in [5, 5.41) is 13.8. The number of H-pyrrole nitrogens is 1. The molecule has 11 heteroatoms. The Morgan fingerprint density at radius 3 is 2.56 bits per heavy atom. The second-order valence-corrected chi connectivity index (χ2v) is 8.25. The monoisotopic (exact) mass is 465 g/mol. The zero-order valence-corrected chi connectivity index (χ0v) is 17.9. The number of nitrogens with one attached hydrogen (secondary N) is 1. The fraction of sp³-hybridized carbons (Fsp3) is 0.304. The van der Waals surface area contributed by atoms with E-state index in [9.17, 15) is 23.2 Å². The summed E-state index contributed by atoms with van der Waals surface area (Å²) in [6.45, 7) is 1.65. The second kappa shape index (κ2) is 8.06. The Balaban J connectivity index is 1.61. The number of hydrogen-bond donors (Lipinski definition) is 1. The molecule has 3 aromatic heterocycles. The molecule has 34 heavy (non-hydrogen) atoms. The summed E-state index contributed by atoms with van der Waals surface area (Å²) in [6, 6.07) is 7.79. The lowest BCUT2D eigenvalue weighted by atomic mass is 9.72. The molecule has 0 bridgehead atoms. The Morgan fingerprint density at radius 1 is 1.18 bits per heavy atom. The maximum absolute atomic E-state index is 13.2. The number of aromatic amines is 1. The van der Waals surface area contributed by atoms with E-state index in [1.165, 1.54) is 10.7 Å². The molecule has 0 saturated heterocycles. The van der Waals surface area contributed by atoms with Gasteiger partial charge in [-0.2, -0.15) is 23.5 Å². The summed E-state index contributed by atoms with van der Waals surface area (Å²) in [5.41, 5.74) is -0.962. The lowest BCUT2D eigenvalue weighted by molar-refractivity contribution is -0.137. The first-order valence-electron chi connectivity index (χ1n) is 10.6. The highest BCUT2D eigenvalue weighted by Crippen LogP contribution is 2.46. The van der Waals surface area contributed by atoms with Crippen LogP contribution < -0.4 is 5.56 Å². The molecule has 0 aliphatic heterocycles. The number of nitrogens with zero attached hydrogens (tertiary/aromatic N) is 6. The lowest BCUT2D eigenvalue weighted by Gasteiger charge is -2.34. The molecule has 0 spiro atoms. The minimum absolute atomic E-state index is 0.0110. The van der Waals surface area contributed by atoms with E-state index in [0.29, 0.717) is 17.2 Å². The molecule has 3 atom stereocenters. The van der Waals surface area contributed by atoms with Gasteiger partial charge in [-0.3, -0.25) is 4.79 Å². The zero-order chi connectivity index (χ0) is 24.0. The predicted molar refractivity (Wildman–Crippen MR) is 115 cm³/mol. The fourth-order valence-electron chi connectivity index (χ4n) is 4.34. The Kier molecular flexibility index (Phi) is 5.16. The van der Waals surface area contributed by atoms with E-state index in [-0.39, 0.29) is 28.6 Å². The van der Waals surface area contributed by atoms with Crippen LogP contribution in [0.25, 0.3) is 11.0 Å². The smallest absolute Gasteiger partial charge is 0.310 e. The molecule has 1 N–H and O–H groups in total. The first kappa shape index (κ1) is 21.8. The van der Waals surface area contributed by atoms with E-state index in [4.69, 9.17) is 0 Å². The van der Waals surface area contributed by atoms with Gasteiger partial charge >= 0.3 is 6.18 Å². The van der Waals surface area contributed by atoms with Crippen molar-refractivity contribution in [2.24, 2.45) is 0 Å². The molecule has 5 rings (SSSR count). The van der Waals surface area contributed by atoms with E-state index < -0.39 is 23.3 Å². The van der Waals surface area contributed by atoms with Gasteiger partial charge in [0.2, 0.25) is 0 Å². The third-order valence-electron chi connectivity index (χ3n) is 6.29. The van der Waals surface area contributed by atoms with Gasteiger partial charge in [0.05, 0.1) is 11.6 Å². The summed E-state index contributed by atoms with van der Waals surface area (Å²) < 4.78 is 41.0. The van der Waals surface area contributed by atoms with Gasteiger partial charge in [0.1, 0.15) is 23.1 Å². The molecule has 0 unspecified atom stereocenters. The summed E-state index contributed by atoms with van der Waals surface area (Å²) in [5.74, 6) is 0.930. The highest BCUT2D eigenvalue weighted by Gasteiger charge is 2.38. The van der Waals surface area contributed by atoms with Crippen LogP contribution in [0, 0.1) is 11.3 Å². The predicted octanol–water partition coefficient (Wildman–Crippen LogP) is 4.07. The topological polar surface area (TPSA) is 113 Å². The number of hydrogen-bond acceptors (Lipinski definition) is 6. The van der Waals surface area contributed by atoms with Gasteiger partial charge in [0.25, 0.3) is 5.56 Å². The minimum atomic E-state index is -4.50. The number of nitriles is 1. The highest BCUT2D eigenvalue weighted by molar-refractivity contribution is 5.80. The van der Waals surface area contributed by atoms with E-state index in [0.717, 1.165) is 25.0 Å². The number of benzene rings is 1. The van der Waals surface area contributed by atoms with Gasteiger partial charge in [0, 0.05) is 24.2 Å². The van der Waals surface area contributed by atoms with Crippen LogP contribution in [0.2, 0.25) is 0 Å². The number of aromatic nitrogens is 6. The minimum Gasteiger partial charge on any atom is -0.310 e. The molecule has 1 aromatic carbocycles. The summed E-state index contributed by atoms with van der Waals surface area (Å²) in [4.78, 5) is 29.0. The average Bonchev–Trinajstić information content (AvgIpc) is 3.17. The molecule has 1 saturated carbocycles. The molecule has 1 aliphatic rings. The lowest BCUT2D eigenvalue weighted by Crippen LogP contribution is -2.28. The molecule has 172 valence electrons. The molecule has 3 heterocycles. The number of halogens is 3. The van der Waals surface area contributed by atoms with Crippen molar-refractivity contribution in [1.82, 2.24) is 29.7 Å². The maximum atomic E-state index is 13.2. The Hall–Kier alpha value is -4.07. The van der Waals surface area contributed by atoms with Gasteiger partial charge in [0.15, 0.2) is 11.3 Å². The normalized spacial score (nSPS) is 18.9. The van der Waals surface area contributed by atoms with Gasteiger partial charge in [-0.25, -0.2) is 19.6 Å². The van der Waals surface area contributed by atoms with Gasteiger partial charge in [-0.15, -0.1) is 0 Å². The van der Waals surface area contributed by atoms with Gasteiger partial charge in [-0.1, -0.05) is 12.1 Å². The SMILES string of the molecule is C[C@H](c1cccc(C(F)(F)F)c1)n1nc(C#N)c2c(=O)[nH]c([C@H]3CC[C@@H]3c3ncccn3)nc21. The summed E-state index contributed by atoms with van der Waals surface area (Å²) in [7, 11) is 0. The van der Waals surface area contributed by atoms with E-state index in [2.05, 4.69) is 25.0 Å². The van der Waals surface area contributed by atoms with Gasteiger partial charge in [-0.05, 0) is 43.5 Å². The van der Waals surface area contributed by atoms with Gasteiger partial charge < -0.3 is 4.98 Å². The summed E-state index contributed by atoms with van der Waals surface area (Å²) in [6.07, 6.45) is 0.408. The van der Waals surface area contributed by atoms with Crippen molar-refractivity contribution in [3.63, 3.8) is 0 Å². The van der Waals surface area contributed by atoms with Crippen molar-refractivity contribution < 1.29 is 13.2 Å². The maximum Gasteiger partial charge on any atom is 0.416 e. The Labute approximate surface area is 191 Å². The quantitative estimate of drug-likeness (QED) is 0.486. The zero-order valence-electron chi connectivity index (χ0n) is 17.9. The molecule has 0 amide bonds. The standard InChI is InChI=1S/C23H18F3N7O/c1-12(13-4-2-5-14(10-13)23(24,25)26)33-21-18(17(11-27)32-33)22(34)31-20(30-21)16-7-6-15(16)19-28-8-3-9-29-19/h2-5,8-10,12,15-16H,6-7H2,1H3,(H,30,31,34)/t12-,15+,16+/m1/s1. The largest absolute Gasteiger partial charge is 0.416 e. The molecule has 8 nitrogen and oxygen atoms in total. The van der Waals surface area contributed by atoms with Crippen molar-refractivity contribution in [1.29, 1.82) is 5.26 Å². The van der Waals surface area contributed by atoms with Crippen molar-refractivity contribution in [3.05, 3.63) is 81.5 Å². The fourth-order valence-corrected chi connectivity index (χ4v) is 4.34. The third-order valence-corrected chi connectivity index (χ3v) is 6.29. The number of alkyl halides is 3. The highest BCUT2D eigenvalue weighted by atomic mass is 19.4. The van der Waals surface area contributed by atoms with E-state index in [1.54, 1.807) is 31.5 Å². The molecule has 1 fully saturated rings. The van der Waals surface area contributed by atoms with Crippen LogP contribution >= 0.6 is 0 Å². The molecule has 4 aromatic rings. The van der Waals surface area contributed by atoms with Crippen molar-refractivity contribution >= 4 is 11.0 Å². The first-order valence-corrected chi connectivity index (χ1v) is 10.6. The number of fused-ring (bicyclic) bond motifs is 1. The Bertz CT molecular complexity index is 1470. The van der Waals surface area contributed by atoms with Crippen LogP contribution in [0.15, 0.2) is 47.5 Å². The first-order chi connectivity index (χ1) is 16.3. The molecular formula is C23H18F3N7O. The number of rotatable bonds is 4. The van der Waals surface area contributed by atoms with Crippen LogP contribution in [0.1, 0.15) is 66.1 Å². The molecular weight excluding hydrogens is 447 g/mol. The van der Waals surface area contributed by atoms with Crippen molar-refractivity contribution in [3.8, 4) is 6.07 Å². The molecule has 1 aliphatic carbocycles. The van der Waals surface area contributed by atoms with Crippen LogP contribution in [0.5, 0.6) is 0 Å². The van der Waals surface area contributed by atoms with Crippen LogP contribution in [0.4, 0.5) is 13.2 Å². The second-order valence-electron chi connectivity index (χ2n) is 8.25. The van der Waals surface area contributed by atoms with Crippen LogP contribution in [0.3, 0.4) is 0 Å². The van der Waals surface area contributed by atoms with Crippen LogP contribution in [-0.4, -0.2) is 29.7 Å². The van der Waals surface area contributed by atoms with E-state index in [1.807, 2.05) is 6.07 Å². The Morgan fingerprint density at radius 2 is 1.91 bits per heavy atom. The van der Waals surface area contributed by atoms with Crippen LogP contribution in [-0.2, 0) is 6.18 Å². The van der Waals surface area contributed by atoms with E-state index >= 15 is 0 Å². The third kappa shape index (κ3) is 3.61. The average molecular weight is 465 g/mol. The summed E-state index contributed by atoms with van der Waals surface area (Å²) >= 11 is 0. The van der Waals surface area contributed by atoms with Crippen molar-refractivity contribution in [2.45, 2.75) is 43.8 Å². The van der Waals surface area contributed by atoms with Crippen molar-refractivity contribution in [2.75, 3.05) is 0 Å².